The number of aromatic nitrogens is 2. The molecule has 16 heavy (non-hydrogen) atoms. The molecular formula is C11H21N3OS. The summed E-state index contributed by atoms with van der Waals surface area (Å²) >= 11 is 1.79. The van der Waals surface area contributed by atoms with Crippen molar-refractivity contribution in [1.29, 1.82) is 0 Å². The van der Waals surface area contributed by atoms with E-state index in [1.54, 1.807) is 11.8 Å². The molecule has 5 heteroatoms. The second-order valence-corrected chi connectivity index (χ2v) is 6.82. The molecule has 0 unspecified atom stereocenters. The lowest BCUT2D eigenvalue weighted by Gasteiger charge is -2.23. The summed E-state index contributed by atoms with van der Waals surface area (Å²) in [5, 5.41) is 4.50. The molecule has 1 heterocycles. The van der Waals surface area contributed by atoms with Crippen molar-refractivity contribution in [3.63, 3.8) is 0 Å². The molecule has 1 atom stereocenters. The van der Waals surface area contributed by atoms with Gasteiger partial charge in [0.15, 0.2) is 5.82 Å². The summed E-state index contributed by atoms with van der Waals surface area (Å²) in [5.74, 6) is 2.04. The highest BCUT2D eigenvalue weighted by Crippen LogP contribution is 2.29. The average molecular weight is 243 g/mol. The highest BCUT2D eigenvalue weighted by Gasteiger charge is 2.27. The van der Waals surface area contributed by atoms with Crippen molar-refractivity contribution in [2.45, 2.75) is 51.7 Å². The molecule has 1 aromatic heterocycles. The van der Waals surface area contributed by atoms with E-state index >= 15 is 0 Å². The summed E-state index contributed by atoms with van der Waals surface area (Å²) in [4.78, 5) is 4.32. The van der Waals surface area contributed by atoms with E-state index in [2.05, 4.69) is 44.8 Å². The van der Waals surface area contributed by atoms with Crippen molar-refractivity contribution in [2.24, 2.45) is 11.1 Å². The molecule has 2 N–H and O–H groups in total. The summed E-state index contributed by atoms with van der Waals surface area (Å²) in [6.45, 7) is 10.5. The number of hydrogen-bond donors (Lipinski definition) is 1. The normalized spacial score (nSPS) is 14.4. The minimum atomic E-state index is -0.210. The standard InChI is InChI=1S/C11H21N3OS/c1-7(2)16-6-8-13-10(15-14-8)9(12)11(3,4)5/h7,9H,6,12H2,1-5H3/t9-/m0/s1. The maximum Gasteiger partial charge on any atom is 0.244 e. The van der Waals surface area contributed by atoms with Crippen LogP contribution in [0.1, 0.15) is 52.4 Å². The van der Waals surface area contributed by atoms with Gasteiger partial charge in [0.05, 0.1) is 11.8 Å². The largest absolute Gasteiger partial charge is 0.338 e. The summed E-state index contributed by atoms with van der Waals surface area (Å²) in [6.07, 6.45) is 0. The highest BCUT2D eigenvalue weighted by molar-refractivity contribution is 7.99. The lowest BCUT2D eigenvalue weighted by Crippen LogP contribution is -2.26. The van der Waals surface area contributed by atoms with E-state index in [-0.39, 0.29) is 11.5 Å². The Labute approximate surface area is 101 Å². The first kappa shape index (κ1) is 13.5. The van der Waals surface area contributed by atoms with Crippen LogP contribution in [0.15, 0.2) is 4.52 Å². The third-order valence-electron chi connectivity index (χ3n) is 2.23. The quantitative estimate of drug-likeness (QED) is 0.881. The SMILES string of the molecule is CC(C)SCc1noc([C@H](N)C(C)(C)C)n1. The van der Waals surface area contributed by atoms with Gasteiger partial charge in [-0.25, -0.2) is 0 Å². The van der Waals surface area contributed by atoms with Gasteiger partial charge in [0.25, 0.3) is 0 Å². The third kappa shape index (κ3) is 3.79. The fraction of sp³-hybridized carbons (Fsp3) is 0.818. The van der Waals surface area contributed by atoms with Gasteiger partial charge in [0.1, 0.15) is 0 Å². The Morgan fingerprint density at radius 1 is 1.38 bits per heavy atom. The lowest BCUT2D eigenvalue weighted by atomic mass is 9.87. The summed E-state index contributed by atoms with van der Waals surface area (Å²) in [5.41, 5.74) is 5.98. The second-order valence-electron chi connectivity index (χ2n) is 5.25. The van der Waals surface area contributed by atoms with Crippen LogP contribution < -0.4 is 5.73 Å². The number of thioether (sulfide) groups is 1. The van der Waals surface area contributed by atoms with Gasteiger partial charge in [-0.15, -0.1) is 0 Å². The minimum Gasteiger partial charge on any atom is -0.338 e. The van der Waals surface area contributed by atoms with Gasteiger partial charge in [-0.2, -0.15) is 16.7 Å². The van der Waals surface area contributed by atoms with E-state index in [4.69, 9.17) is 10.3 Å². The van der Waals surface area contributed by atoms with Gasteiger partial charge >= 0.3 is 0 Å². The van der Waals surface area contributed by atoms with Crippen LogP contribution in [-0.2, 0) is 5.75 Å². The molecule has 0 aromatic carbocycles. The monoisotopic (exact) mass is 243 g/mol. The molecule has 0 radical (unpaired) electrons. The van der Waals surface area contributed by atoms with Gasteiger partial charge in [-0.1, -0.05) is 39.8 Å². The molecule has 1 rings (SSSR count). The molecule has 1 aromatic rings. The van der Waals surface area contributed by atoms with Crippen LogP contribution in [0.25, 0.3) is 0 Å². The van der Waals surface area contributed by atoms with Crippen molar-refractivity contribution in [2.75, 3.05) is 0 Å². The van der Waals surface area contributed by atoms with E-state index in [9.17, 15) is 0 Å². The van der Waals surface area contributed by atoms with Crippen LogP contribution in [0.3, 0.4) is 0 Å². The number of hydrogen-bond acceptors (Lipinski definition) is 5. The van der Waals surface area contributed by atoms with Crippen LogP contribution in [0, 0.1) is 5.41 Å². The van der Waals surface area contributed by atoms with Crippen molar-refractivity contribution in [3.05, 3.63) is 11.7 Å². The van der Waals surface area contributed by atoms with Gasteiger partial charge in [0.2, 0.25) is 5.89 Å². The lowest BCUT2D eigenvalue weighted by molar-refractivity contribution is 0.252. The van der Waals surface area contributed by atoms with E-state index in [1.165, 1.54) is 0 Å². The van der Waals surface area contributed by atoms with Gasteiger partial charge in [-0.05, 0) is 10.7 Å². The third-order valence-corrected chi connectivity index (χ3v) is 3.32. The van der Waals surface area contributed by atoms with E-state index in [1.807, 2.05) is 0 Å². The molecule has 0 aliphatic heterocycles. The fourth-order valence-electron chi connectivity index (χ4n) is 1.06. The number of nitrogens with zero attached hydrogens (tertiary/aromatic N) is 2. The maximum atomic E-state index is 6.04. The summed E-state index contributed by atoms with van der Waals surface area (Å²) in [7, 11) is 0. The average Bonchev–Trinajstić information content (AvgIpc) is 2.60. The predicted octanol–water partition coefficient (Wildman–Crippen LogP) is 2.76. The number of nitrogens with two attached hydrogens (primary N) is 1. The molecule has 92 valence electrons. The Bertz CT molecular complexity index is 330. The Hall–Kier alpha value is -0.550. The zero-order valence-electron chi connectivity index (χ0n) is 10.7. The molecule has 0 fully saturated rings. The fourth-order valence-corrected chi connectivity index (χ4v) is 1.66. The molecule has 0 aliphatic carbocycles. The van der Waals surface area contributed by atoms with E-state index in [0.717, 1.165) is 11.6 Å². The Morgan fingerprint density at radius 3 is 2.50 bits per heavy atom. The maximum absolute atomic E-state index is 6.04. The van der Waals surface area contributed by atoms with Crippen LogP contribution in [0.4, 0.5) is 0 Å². The first-order valence-corrected chi connectivity index (χ1v) is 6.55. The molecule has 0 saturated heterocycles. The molecule has 0 saturated carbocycles. The van der Waals surface area contributed by atoms with Crippen LogP contribution in [0.2, 0.25) is 0 Å². The second kappa shape index (κ2) is 5.19. The van der Waals surface area contributed by atoms with Gasteiger partial charge < -0.3 is 10.3 Å². The van der Waals surface area contributed by atoms with Crippen molar-refractivity contribution in [1.82, 2.24) is 10.1 Å². The van der Waals surface area contributed by atoms with Gasteiger partial charge in [0, 0.05) is 0 Å². The van der Waals surface area contributed by atoms with Crippen molar-refractivity contribution >= 4 is 11.8 Å². The minimum absolute atomic E-state index is 0.0605. The predicted molar refractivity (Wildman–Crippen MR) is 67.1 cm³/mol. The molecule has 4 nitrogen and oxygen atoms in total. The first-order valence-electron chi connectivity index (χ1n) is 5.50. The smallest absolute Gasteiger partial charge is 0.244 e. The van der Waals surface area contributed by atoms with Crippen molar-refractivity contribution < 1.29 is 4.52 Å². The zero-order chi connectivity index (χ0) is 12.3. The molecule has 0 bridgehead atoms. The Balaban J connectivity index is 2.64. The zero-order valence-corrected chi connectivity index (χ0v) is 11.5. The molecular weight excluding hydrogens is 222 g/mol. The van der Waals surface area contributed by atoms with Crippen LogP contribution in [0.5, 0.6) is 0 Å². The summed E-state index contributed by atoms with van der Waals surface area (Å²) < 4.78 is 5.19. The Kier molecular flexibility index (Phi) is 4.38. The van der Waals surface area contributed by atoms with Crippen LogP contribution in [-0.4, -0.2) is 15.4 Å². The van der Waals surface area contributed by atoms with E-state index < -0.39 is 0 Å². The molecule has 0 amide bonds. The molecule has 0 spiro atoms. The topological polar surface area (TPSA) is 64.9 Å². The van der Waals surface area contributed by atoms with Crippen LogP contribution >= 0.6 is 11.8 Å². The van der Waals surface area contributed by atoms with Crippen molar-refractivity contribution in [3.8, 4) is 0 Å². The molecule has 0 aliphatic rings. The highest BCUT2D eigenvalue weighted by atomic mass is 32.2. The van der Waals surface area contributed by atoms with Gasteiger partial charge in [-0.3, -0.25) is 0 Å². The first-order chi connectivity index (χ1) is 7.30. The van der Waals surface area contributed by atoms with E-state index in [0.29, 0.717) is 11.1 Å². The number of rotatable bonds is 4. The summed E-state index contributed by atoms with van der Waals surface area (Å²) in [6, 6.07) is -0.210. The Morgan fingerprint density at radius 2 is 2.00 bits per heavy atom.